The van der Waals surface area contributed by atoms with Crippen molar-refractivity contribution in [3.63, 3.8) is 0 Å². The molecular formula is C31H46N2O8. The molecule has 1 heterocycles. The molecule has 1 aliphatic heterocycles. The minimum Gasteiger partial charge on any atom is -0.504 e. The lowest BCUT2D eigenvalue weighted by atomic mass is 9.53. The number of carbonyl (C=O) groups excluding carboxylic acids is 3. The van der Waals surface area contributed by atoms with Gasteiger partial charge in [0, 0.05) is 55.4 Å². The number of allylic oxidation sites excluding steroid dienone is 1. The van der Waals surface area contributed by atoms with Gasteiger partial charge in [-0.2, -0.15) is 0 Å². The molecule has 2 N–H and O–H groups in total. The first-order valence-electron chi connectivity index (χ1n) is 14.4. The second-order valence-electron chi connectivity index (χ2n) is 13.6. The lowest BCUT2D eigenvalue weighted by Crippen LogP contribution is -2.57. The zero-order chi connectivity index (χ0) is 30.7. The molecule has 1 saturated carbocycles. The monoisotopic (exact) mass is 574 g/mol. The molecule has 0 spiro atoms. The molecule has 4 aliphatic rings. The zero-order valence-corrected chi connectivity index (χ0v) is 25.9. The van der Waals surface area contributed by atoms with Gasteiger partial charge >= 0.3 is 11.9 Å². The molecule has 2 fully saturated rings. The van der Waals surface area contributed by atoms with E-state index in [0.29, 0.717) is 43.5 Å². The summed E-state index contributed by atoms with van der Waals surface area (Å²) < 4.78 is 17.4. The SMILES string of the molecule is COC[C@H]1OC(=O)C(=CN(CCN(C)C)C(C)(C)C)C2=C(O)C(=O)C3=C([C@H](OC(C)=O)C[C@]4(C)[C@@H](O)CC[C@@H]34)[C@]21C. The molecule has 0 unspecified atom stereocenters. The topological polar surface area (TPSA) is 126 Å². The normalized spacial score (nSPS) is 34.5. The Morgan fingerprint density at radius 3 is 2.39 bits per heavy atom. The number of ether oxygens (including phenoxy) is 3. The highest BCUT2D eigenvalue weighted by atomic mass is 16.6. The number of esters is 2. The summed E-state index contributed by atoms with van der Waals surface area (Å²) >= 11 is 0. The molecule has 0 aromatic rings. The summed E-state index contributed by atoms with van der Waals surface area (Å²) in [4.78, 5) is 44.3. The molecule has 0 amide bonds. The Kier molecular flexibility index (Phi) is 8.28. The van der Waals surface area contributed by atoms with Crippen molar-refractivity contribution in [2.75, 3.05) is 40.9 Å². The third-order valence-corrected chi connectivity index (χ3v) is 9.59. The van der Waals surface area contributed by atoms with Gasteiger partial charge in [-0.25, -0.2) is 4.79 Å². The summed E-state index contributed by atoms with van der Waals surface area (Å²) in [5.41, 5.74) is -1.22. The van der Waals surface area contributed by atoms with Crippen molar-refractivity contribution in [1.82, 2.24) is 9.80 Å². The molecule has 0 aromatic carbocycles. The first-order valence-corrected chi connectivity index (χ1v) is 14.4. The Hall–Kier alpha value is -2.69. The fourth-order valence-electron chi connectivity index (χ4n) is 7.33. The number of nitrogens with zero attached hydrogens (tertiary/aromatic N) is 2. The Morgan fingerprint density at radius 1 is 1.17 bits per heavy atom. The molecule has 10 heteroatoms. The summed E-state index contributed by atoms with van der Waals surface area (Å²) in [7, 11) is 5.42. The van der Waals surface area contributed by atoms with Crippen molar-refractivity contribution in [1.29, 1.82) is 0 Å². The van der Waals surface area contributed by atoms with E-state index >= 15 is 0 Å². The molecule has 0 aromatic heterocycles. The predicted molar refractivity (Wildman–Crippen MR) is 152 cm³/mol. The number of cyclic esters (lactones) is 1. The lowest BCUT2D eigenvalue weighted by Gasteiger charge is -2.54. The Balaban J connectivity index is 1.99. The molecule has 3 aliphatic carbocycles. The van der Waals surface area contributed by atoms with Crippen LogP contribution >= 0.6 is 0 Å². The number of likely N-dealkylation sites (N-methyl/N-ethyl adjacent to an activating group) is 1. The highest BCUT2D eigenvalue weighted by Gasteiger charge is 2.64. The van der Waals surface area contributed by atoms with Crippen molar-refractivity contribution in [3.8, 4) is 0 Å². The maximum absolute atomic E-state index is 14.2. The van der Waals surface area contributed by atoms with Gasteiger partial charge in [0.1, 0.15) is 12.2 Å². The van der Waals surface area contributed by atoms with Gasteiger partial charge in [0.15, 0.2) is 5.76 Å². The number of hydrogen-bond acceptors (Lipinski definition) is 10. The summed E-state index contributed by atoms with van der Waals surface area (Å²) in [6.07, 6.45) is 0.569. The van der Waals surface area contributed by atoms with Crippen LogP contribution in [0.5, 0.6) is 0 Å². The van der Waals surface area contributed by atoms with Gasteiger partial charge in [-0.15, -0.1) is 0 Å². The summed E-state index contributed by atoms with van der Waals surface area (Å²) in [6, 6.07) is 0. The second kappa shape index (κ2) is 10.9. The number of ketones is 1. The number of aliphatic hydroxyl groups is 2. The molecule has 41 heavy (non-hydrogen) atoms. The van der Waals surface area contributed by atoms with E-state index in [4.69, 9.17) is 14.2 Å². The van der Waals surface area contributed by atoms with Crippen LogP contribution in [0.25, 0.3) is 0 Å². The van der Waals surface area contributed by atoms with Crippen LogP contribution in [0.2, 0.25) is 0 Å². The molecular weight excluding hydrogens is 528 g/mol. The van der Waals surface area contributed by atoms with Crippen molar-refractivity contribution >= 4 is 17.7 Å². The maximum Gasteiger partial charge on any atom is 0.340 e. The van der Waals surface area contributed by atoms with E-state index < -0.39 is 58.2 Å². The van der Waals surface area contributed by atoms with Crippen molar-refractivity contribution in [2.24, 2.45) is 16.7 Å². The highest BCUT2D eigenvalue weighted by molar-refractivity contribution is 6.13. The molecule has 228 valence electrons. The van der Waals surface area contributed by atoms with Gasteiger partial charge in [-0.05, 0) is 72.5 Å². The van der Waals surface area contributed by atoms with E-state index in [1.54, 1.807) is 6.20 Å². The van der Waals surface area contributed by atoms with Crippen molar-refractivity contribution in [3.05, 3.63) is 34.3 Å². The second-order valence-corrected chi connectivity index (χ2v) is 13.6. The van der Waals surface area contributed by atoms with E-state index in [-0.39, 0.29) is 23.7 Å². The van der Waals surface area contributed by atoms with Gasteiger partial charge in [-0.1, -0.05) is 6.92 Å². The van der Waals surface area contributed by atoms with E-state index in [2.05, 4.69) is 0 Å². The van der Waals surface area contributed by atoms with Gasteiger partial charge in [-0.3, -0.25) is 9.59 Å². The summed E-state index contributed by atoms with van der Waals surface area (Å²) in [5.74, 6) is -2.65. The third-order valence-electron chi connectivity index (χ3n) is 9.59. The number of fused-ring (bicyclic) bond motifs is 4. The smallest absolute Gasteiger partial charge is 0.340 e. The number of aliphatic hydroxyl groups excluding tert-OH is 2. The fourth-order valence-corrected chi connectivity index (χ4v) is 7.33. The average Bonchev–Trinajstić information content (AvgIpc) is 3.14. The van der Waals surface area contributed by atoms with Gasteiger partial charge in [0.05, 0.1) is 23.7 Å². The van der Waals surface area contributed by atoms with Crippen LogP contribution in [0.1, 0.15) is 60.8 Å². The third kappa shape index (κ3) is 5.12. The van der Waals surface area contributed by atoms with E-state index in [1.807, 2.05) is 58.5 Å². The van der Waals surface area contributed by atoms with Gasteiger partial charge < -0.3 is 34.2 Å². The summed E-state index contributed by atoms with van der Waals surface area (Å²) in [6.45, 7) is 12.4. The number of rotatable bonds is 7. The summed E-state index contributed by atoms with van der Waals surface area (Å²) in [5, 5.41) is 22.7. The lowest BCUT2D eigenvalue weighted by molar-refractivity contribution is -0.161. The Bertz CT molecular complexity index is 1210. The Labute approximate surface area is 243 Å². The molecule has 4 rings (SSSR count). The Morgan fingerprint density at radius 2 is 1.83 bits per heavy atom. The first-order chi connectivity index (χ1) is 19.0. The molecule has 1 saturated heterocycles. The molecule has 0 bridgehead atoms. The van der Waals surface area contributed by atoms with Crippen LogP contribution in [-0.4, -0.2) is 102 Å². The molecule has 10 nitrogen and oxygen atoms in total. The predicted octanol–water partition coefficient (Wildman–Crippen LogP) is 2.91. The van der Waals surface area contributed by atoms with Crippen molar-refractivity contribution < 1.29 is 38.8 Å². The van der Waals surface area contributed by atoms with Gasteiger partial charge in [0.25, 0.3) is 0 Å². The number of hydrogen-bond donors (Lipinski definition) is 2. The van der Waals surface area contributed by atoms with Crippen molar-refractivity contribution in [2.45, 2.75) is 84.7 Å². The number of methoxy groups -OCH3 is 1. The quantitative estimate of drug-likeness (QED) is 0.346. The van der Waals surface area contributed by atoms with Crippen LogP contribution in [0, 0.1) is 16.7 Å². The zero-order valence-electron chi connectivity index (χ0n) is 25.9. The van der Waals surface area contributed by atoms with E-state index in [1.165, 1.54) is 14.0 Å². The molecule has 6 atom stereocenters. The molecule has 0 radical (unpaired) electrons. The van der Waals surface area contributed by atoms with E-state index in [9.17, 15) is 24.6 Å². The number of carbonyl (C=O) groups is 3. The van der Waals surface area contributed by atoms with E-state index in [0.717, 1.165) is 0 Å². The van der Waals surface area contributed by atoms with Crippen LogP contribution in [0.3, 0.4) is 0 Å². The first kappa shape index (κ1) is 31.3. The maximum atomic E-state index is 14.2. The largest absolute Gasteiger partial charge is 0.504 e. The minimum atomic E-state index is -1.23. The highest BCUT2D eigenvalue weighted by Crippen LogP contribution is 2.63. The van der Waals surface area contributed by atoms with Crippen LogP contribution in [-0.2, 0) is 28.6 Å². The fraction of sp³-hybridized carbons (Fsp3) is 0.710. The van der Waals surface area contributed by atoms with Gasteiger partial charge in [0.2, 0.25) is 5.78 Å². The van der Waals surface area contributed by atoms with Crippen LogP contribution < -0.4 is 0 Å². The number of Topliss-reactive ketones (excluding diaryl/α,β-unsaturated/α-hetero) is 1. The van der Waals surface area contributed by atoms with Crippen LogP contribution in [0.15, 0.2) is 34.3 Å². The van der Waals surface area contributed by atoms with Crippen LogP contribution in [0.4, 0.5) is 0 Å². The average molecular weight is 575 g/mol. The minimum absolute atomic E-state index is 0.00175. The standard InChI is InChI=1S/C31H46N2O8/c1-17(34)40-20-14-30(5)19(10-11-21(30)35)23-25(20)31(6)22(16-39-9)41-28(38)18(24(31)27(37)26(23)36)15-33(29(2,3)4)13-12-32(7)8/h15,19-22,35,37H,10-14,16H2,1-9H3/t19-,20+,21-,22+,30-,31-/m0/s1.